The Balaban J connectivity index is 1.29. The normalized spacial score (nSPS) is 17.9. The molecule has 1 amide bonds. The Hall–Kier alpha value is -4.41. The number of carbonyl (C=O) groups is 1. The number of benzene rings is 2. The zero-order valence-electron chi connectivity index (χ0n) is 21.5. The molecule has 2 aromatic heterocycles. The van der Waals surface area contributed by atoms with Crippen LogP contribution >= 0.6 is 0 Å². The number of aromatic nitrogens is 4. The highest BCUT2D eigenvalue weighted by atomic mass is 19.4. The van der Waals surface area contributed by atoms with E-state index in [1.807, 2.05) is 54.6 Å². The lowest BCUT2D eigenvalue weighted by atomic mass is 10.1. The van der Waals surface area contributed by atoms with Gasteiger partial charge in [-0.05, 0) is 68.0 Å². The first-order valence-electron chi connectivity index (χ1n) is 13.2. The number of likely N-dealkylation sites (tertiary alicyclic amines) is 1. The molecule has 40 heavy (non-hydrogen) atoms. The second kappa shape index (κ2) is 10.3. The maximum Gasteiger partial charge on any atom is 0.421 e. The first kappa shape index (κ1) is 25.8. The number of allylic oxidation sites excluding steroid dienone is 1. The molecule has 1 atom stereocenters. The number of halogens is 3. The van der Waals surface area contributed by atoms with Crippen LogP contribution < -0.4 is 10.5 Å². The number of ether oxygens (including phenoxy) is 1. The molecule has 206 valence electrons. The number of fused-ring (bicyclic) bond motifs is 1. The van der Waals surface area contributed by atoms with Gasteiger partial charge in [0.2, 0.25) is 0 Å². The summed E-state index contributed by atoms with van der Waals surface area (Å²) < 4.78 is 48.9. The number of nitrogens with zero attached hydrogens (tertiary/aromatic N) is 5. The van der Waals surface area contributed by atoms with Crippen molar-refractivity contribution in [2.24, 2.45) is 5.92 Å². The molecule has 0 spiro atoms. The third-order valence-electron chi connectivity index (χ3n) is 7.25. The summed E-state index contributed by atoms with van der Waals surface area (Å²) in [6.07, 6.45) is 0.251. The van der Waals surface area contributed by atoms with Crippen LogP contribution in [-0.2, 0) is 11.3 Å². The van der Waals surface area contributed by atoms with Gasteiger partial charge in [0.1, 0.15) is 34.9 Å². The summed E-state index contributed by atoms with van der Waals surface area (Å²) in [4.78, 5) is 23.0. The Morgan fingerprint density at radius 2 is 1.75 bits per heavy atom. The summed E-state index contributed by atoms with van der Waals surface area (Å²) in [6, 6.07) is 16.3. The molecule has 6 rings (SSSR count). The zero-order chi connectivity index (χ0) is 27.9. The van der Waals surface area contributed by atoms with E-state index in [2.05, 4.69) is 9.97 Å². The molecule has 0 bridgehead atoms. The van der Waals surface area contributed by atoms with Crippen molar-refractivity contribution in [2.45, 2.75) is 44.4 Å². The predicted octanol–water partition coefficient (Wildman–Crippen LogP) is 5.76. The number of anilines is 1. The summed E-state index contributed by atoms with van der Waals surface area (Å²) in [5.74, 6) is 0.439. The molecule has 0 radical (unpaired) electrons. The third-order valence-corrected chi connectivity index (χ3v) is 7.25. The van der Waals surface area contributed by atoms with E-state index in [1.165, 1.54) is 11.2 Å². The largest absolute Gasteiger partial charge is 0.457 e. The van der Waals surface area contributed by atoms with E-state index in [-0.39, 0.29) is 24.8 Å². The molecule has 1 saturated heterocycles. The number of hydrogen-bond donors (Lipinski definition) is 1. The van der Waals surface area contributed by atoms with Crippen LogP contribution in [-0.4, -0.2) is 49.3 Å². The molecular weight excluding hydrogens is 521 g/mol. The molecule has 2 aliphatic rings. The smallest absolute Gasteiger partial charge is 0.421 e. The van der Waals surface area contributed by atoms with Crippen molar-refractivity contribution in [3.05, 3.63) is 72.6 Å². The standard InChI is InChI=1S/C29H27F3N6O2/c30-29(31,32)23(15-18-8-9-18)28(39)37-14-4-5-20(37)16-38-27-24(26(33)34-17-35-27)25(36-38)19-10-12-22(13-11-19)40-21-6-2-1-3-7-21/h1-3,6-7,10-13,15,17-18,20H,4-5,8-9,14,16H2,(H2,33,34,35)/b23-15+/t20-/m1/s1. The molecule has 4 aromatic rings. The number of nitrogens with two attached hydrogens (primary N) is 1. The average Bonchev–Trinajstić information content (AvgIpc) is 3.52. The Morgan fingerprint density at radius 1 is 1.02 bits per heavy atom. The number of amides is 1. The Labute approximate surface area is 228 Å². The van der Waals surface area contributed by atoms with E-state index < -0.39 is 23.7 Å². The maximum absolute atomic E-state index is 13.8. The average molecular weight is 549 g/mol. The van der Waals surface area contributed by atoms with Crippen molar-refractivity contribution < 1.29 is 22.7 Å². The van der Waals surface area contributed by atoms with Crippen molar-refractivity contribution in [3.63, 3.8) is 0 Å². The Morgan fingerprint density at radius 3 is 2.45 bits per heavy atom. The maximum atomic E-state index is 13.8. The lowest BCUT2D eigenvalue weighted by Gasteiger charge is -2.26. The molecule has 11 heteroatoms. The number of rotatable bonds is 7. The highest BCUT2D eigenvalue weighted by Crippen LogP contribution is 2.38. The fraction of sp³-hybridized carbons (Fsp3) is 0.310. The second-order valence-electron chi connectivity index (χ2n) is 10.1. The first-order chi connectivity index (χ1) is 19.3. The fourth-order valence-electron chi connectivity index (χ4n) is 5.10. The van der Waals surface area contributed by atoms with Crippen LogP contribution in [0.5, 0.6) is 11.5 Å². The van der Waals surface area contributed by atoms with Crippen LogP contribution in [0.4, 0.5) is 19.0 Å². The zero-order valence-corrected chi connectivity index (χ0v) is 21.5. The molecule has 2 fully saturated rings. The van der Waals surface area contributed by atoms with Crippen LogP contribution in [0.15, 0.2) is 72.6 Å². The van der Waals surface area contributed by atoms with Crippen molar-refractivity contribution in [2.75, 3.05) is 12.3 Å². The number of nitrogen functional groups attached to an aromatic ring is 1. The van der Waals surface area contributed by atoms with Gasteiger partial charge >= 0.3 is 6.18 Å². The van der Waals surface area contributed by atoms with Gasteiger partial charge in [0, 0.05) is 12.1 Å². The van der Waals surface area contributed by atoms with Gasteiger partial charge < -0.3 is 15.4 Å². The number of alkyl halides is 3. The van der Waals surface area contributed by atoms with Gasteiger partial charge in [-0.15, -0.1) is 0 Å². The molecule has 1 saturated carbocycles. The molecule has 2 aromatic carbocycles. The van der Waals surface area contributed by atoms with Crippen LogP contribution in [0.25, 0.3) is 22.3 Å². The van der Waals surface area contributed by atoms with Gasteiger partial charge in [-0.3, -0.25) is 4.79 Å². The lowest BCUT2D eigenvalue weighted by Crippen LogP contribution is -2.41. The SMILES string of the molecule is Nc1ncnc2c1c(-c1ccc(Oc3ccccc3)cc1)nn2C[C@H]1CCCN1C(=O)/C(=C\C1CC1)C(F)(F)F. The number of carbonyl (C=O) groups excluding carboxylic acids is 1. The highest BCUT2D eigenvalue weighted by Gasteiger charge is 2.44. The van der Waals surface area contributed by atoms with Gasteiger partial charge in [-0.2, -0.15) is 18.3 Å². The van der Waals surface area contributed by atoms with Crippen LogP contribution in [0.3, 0.4) is 0 Å². The van der Waals surface area contributed by atoms with Crippen molar-refractivity contribution in [3.8, 4) is 22.8 Å². The summed E-state index contributed by atoms with van der Waals surface area (Å²) >= 11 is 0. The fourth-order valence-corrected chi connectivity index (χ4v) is 5.10. The number of para-hydroxylation sites is 1. The van der Waals surface area contributed by atoms with E-state index in [0.717, 1.165) is 11.6 Å². The van der Waals surface area contributed by atoms with Crippen molar-refractivity contribution in [1.29, 1.82) is 0 Å². The van der Waals surface area contributed by atoms with Crippen LogP contribution in [0.2, 0.25) is 0 Å². The minimum atomic E-state index is -4.70. The molecule has 1 aliphatic heterocycles. The van der Waals surface area contributed by atoms with E-state index in [1.54, 1.807) is 4.68 Å². The first-order valence-corrected chi connectivity index (χ1v) is 13.2. The highest BCUT2D eigenvalue weighted by molar-refractivity contribution is 5.98. The molecular formula is C29H27F3N6O2. The molecule has 8 nitrogen and oxygen atoms in total. The van der Waals surface area contributed by atoms with Crippen molar-refractivity contribution >= 4 is 22.8 Å². The quantitative estimate of drug-likeness (QED) is 0.295. The molecule has 1 aliphatic carbocycles. The lowest BCUT2D eigenvalue weighted by molar-refractivity contribution is -0.140. The monoisotopic (exact) mass is 548 g/mol. The minimum Gasteiger partial charge on any atom is -0.457 e. The molecule has 3 heterocycles. The van der Waals surface area contributed by atoms with E-state index in [9.17, 15) is 18.0 Å². The van der Waals surface area contributed by atoms with Gasteiger partial charge in [0.25, 0.3) is 5.91 Å². The Bertz CT molecular complexity index is 1560. The van der Waals surface area contributed by atoms with E-state index >= 15 is 0 Å². The summed E-state index contributed by atoms with van der Waals surface area (Å²) in [5, 5.41) is 5.30. The molecule has 0 unspecified atom stereocenters. The van der Waals surface area contributed by atoms with Crippen LogP contribution in [0.1, 0.15) is 25.7 Å². The summed E-state index contributed by atoms with van der Waals surface area (Å²) in [7, 11) is 0. The predicted molar refractivity (Wildman–Crippen MR) is 143 cm³/mol. The summed E-state index contributed by atoms with van der Waals surface area (Å²) in [5.41, 5.74) is 6.91. The van der Waals surface area contributed by atoms with E-state index in [0.29, 0.717) is 53.9 Å². The third kappa shape index (κ3) is 5.23. The van der Waals surface area contributed by atoms with Gasteiger partial charge in [-0.25, -0.2) is 14.6 Å². The van der Waals surface area contributed by atoms with Gasteiger partial charge in [0.15, 0.2) is 5.65 Å². The Kier molecular flexibility index (Phi) is 6.65. The van der Waals surface area contributed by atoms with Gasteiger partial charge in [-0.1, -0.05) is 24.3 Å². The van der Waals surface area contributed by atoms with Crippen molar-refractivity contribution in [1.82, 2.24) is 24.6 Å². The summed E-state index contributed by atoms with van der Waals surface area (Å²) in [6.45, 7) is 0.441. The van der Waals surface area contributed by atoms with Crippen LogP contribution in [0, 0.1) is 5.92 Å². The molecule has 2 N–H and O–H groups in total. The van der Waals surface area contributed by atoms with E-state index in [4.69, 9.17) is 15.6 Å². The topological polar surface area (TPSA) is 99.2 Å². The number of hydrogen-bond acceptors (Lipinski definition) is 6. The van der Waals surface area contributed by atoms with Gasteiger partial charge in [0.05, 0.1) is 18.0 Å². The second-order valence-corrected chi connectivity index (χ2v) is 10.1. The minimum absolute atomic E-state index is 0.177.